The van der Waals surface area contributed by atoms with E-state index < -0.39 is 6.04 Å². The Kier molecular flexibility index (Phi) is 6.13. The molecule has 2 N–H and O–H groups in total. The van der Waals surface area contributed by atoms with E-state index in [4.69, 9.17) is 15.2 Å². The van der Waals surface area contributed by atoms with Crippen molar-refractivity contribution >= 4 is 18.3 Å². The van der Waals surface area contributed by atoms with Crippen LogP contribution in [0.15, 0.2) is 18.2 Å². The van der Waals surface area contributed by atoms with Crippen LogP contribution in [0.2, 0.25) is 0 Å². The molecule has 1 aromatic rings. The maximum absolute atomic E-state index is 12.5. The van der Waals surface area contributed by atoms with Crippen molar-refractivity contribution in [1.29, 1.82) is 0 Å². The van der Waals surface area contributed by atoms with E-state index in [1.54, 1.807) is 6.92 Å². The smallest absolute Gasteiger partial charge is 0.239 e. The molecule has 1 aliphatic heterocycles. The number of nitrogens with zero attached hydrogens (tertiary/aromatic N) is 1. The molecule has 3 rings (SSSR count). The molecule has 1 saturated carbocycles. The van der Waals surface area contributed by atoms with Crippen molar-refractivity contribution in [1.82, 2.24) is 4.90 Å². The minimum Gasteiger partial charge on any atom is -0.454 e. The van der Waals surface area contributed by atoms with Gasteiger partial charge in [0.05, 0.1) is 6.04 Å². The summed E-state index contributed by atoms with van der Waals surface area (Å²) in [5.41, 5.74) is 6.91. The molecule has 0 saturated heterocycles. The van der Waals surface area contributed by atoms with Crippen LogP contribution in [0.1, 0.15) is 44.6 Å². The van der Waals surface area contributed by atoms with Gasteiger partial charge in [-0.15, -0.1) is 12.4 Å². The van der Waals surface area contributed by atoms with Crippen LogP contribution in [-0.2, 0) is 11.3 Å². The first-order valence-electron chi connectivity index (χ1n) is 8.10. The van der Waals surface area contributed by atoms with Crippen molar-refractivity contribution < 1.29 is 14.3 Å². The van der Waals surface area contributed by atoms with Crippen LogP contribution in [0.3, 0.4) is 0 Å². The second-order valence-corrected chi connectivity index (χ2v) is 6.23. The average molecular weight is 341 g/mol. The van der Waals surface area contributed by atoms with Gasteiger partial charge >= 0.3 is 0 Å². The topological polar surface area (TPSA) is 64.8 Å². The predicted molar refractivity (Wildman–Crippen MR) is 90.9 cm³/mol. The van der Waals surface area contributed by atoms with Crippen molar-refractivity contribution in [2.24, 2.45) is 5.73 Å². The highest BCUT2D eigenvalue weighted by atomic mass is 35.5. The number of amides is 1. The fraction of sp³-hybridized carbons (Fsp3) is 0.588. The number of fused-ring (bicyclic) bond motifs is 1. The van der Waals surface area contributed by atoms with Crippen molar-refractivity contribution in [2.45, 2.75) is 57.7 Å². The van der Waals surface area contributed by atoms with Gasteiger partial charge in [-0.1, -0.05) is 25.3 Å². The number of carbonyl (C=O) groups is 1. The molecule has 1 fully saturated rings. The summed E-state index contributed by atoms with van der Waals surface area (Å²) in [5.74, 6) is 1.56. The Morgan fingerprint density at radius 1 is 1.26 bits per heavy atom. The Labute approximate surface area is 143 Å². The Morgan fingerprint density at radius 2 is 1.96 bits per heavy atom. The van der Waals surface area contributed by atoms with Gasteiger partial charge in [0.2, 0.25) is 12.7 Å². The highest BCUT2D eigenvalue weighted by molar-refractivity contribution is 5.85. The first-order chi connectivity index (χ1) is 10.6. The summed E-state index contributed by atoms with van der Waals surface area (Å²) in [6.45, 7) is 2.61. The molecular formula is C17H25ClN2O3. The number of halogens is 1. The standard InChI is InChI=1S/C17H24N2O3.ClH/c1-12(18)17(20)19(14-5-3-2-4-6-14)10-13-7-8-15-16(9-13)22-11-21-15;/h7-9,12,14H,2-6,10-11,18H2,1H3;1H/t12-;/m0./s1. The summed E-state index contributed by atoms with van der Waals surface area (Å²) in [6, 6.07) is 5.71. The molecule has 0 aromatic heterocycles. The van der Waals surface area contributed by atoms with Crippen LogP contribution >= 0.6 is 12.4 Å². The SMILES string of the molecule is C[C@H](N)C(=O)N(Cc1ccc2c(c1)OCO2)C1CCCCC1.Cl. The quantitative estimate of drug-likeness (QED) is 0.915. The number of nitrogens with two attached hydrogens (primary N) is 1. The van der Waals surface area contributed by atoms with Gasteiger partial charge in [-0.05, 0) is 37.5 Å². The largest absolute Gasteiger partial charge is 0.454 e. The van der Waals surface area contributed by atoms with Crippen LogP contribution in [-0.4, -0.2) is 29.7 Å². The number of ether oxygens (including phenoxy) is 2. The van der Waals surface area contributed by atoms with Gasteiger partial charge in [0.1, 0.15) is 0 Å². The first kappa shape index (κ1) is 17.9. The lowest BCUT2D eigenvalue weighted by atomic mass is 9.93. The molecule has 5 nitrogen and oxygen atoms in total. The molecule has 1 aromatic carbocycles. The molecule has 0 unspecified atom stereocenters. The van der Waals surface area contributed by atoms with Gasteiger partial charge in [-0.2, -0.15) is 0 Å². The maximum atomic E-state index is 12.5. The Morgan fingerprint density at radius 3 is 2.65 bits per heavy atom. The molecule has 0 radical (unpaired) electrons. The van der Waals surface area contributed by atoms with Crippen LogP contribution in [0.4, 0.5) is 0 Å². The molecule has 2 aliphatic rings. The molecule has 0 bridgehead atoms. The third kappa shape index (κ3) is 4.09. The zero-order chi connectivity index (χ0) is 15.5. The van der Waals surface area contributed by atoms with E-state index in [0.717, 1.165) is 29.9 Å². The van der Waals surface area contributed by atoms with E-state index >= 15 is 0 Å². The number of benzene rings is 1. The number of hydrogen-bond acceptors (Lipinski definition) is 4. The van der Waals surface area contributed by atoms with E-state index in [2.05, 4.69) is 0 Å². The lowest BCUT2D eigenvalue weighted by Crippen LogP contribution is -2.47. The Balaban J connectivity index is 0.00000192. The molecule has 0 spiro atoms. The van der Waals surface area contributed by atoms with Crippen LogP contribution in [0.5, 0.6) is 11.5 Å². The molecular weight excluding hydrogens is 316 g/mol. The Hall–Kier alpha value is -1.46. The second kappa shape index (κ2) is 7.88. The third-order valence-corrected chi connectivity index (χ3v) is 4.48. The zero-order valence-electron chi connectivity index (χ0n) is 13.5. The normalized spacial score (nSPS) is 18.2. The van der Waals surface area contributed by atoms with E-state index in [0.29, 0.717) is 12.6 Å². The second-order valence-electron chi connectivity index (χ2n) is 6.23. The summed E-state index contributed by atoms with van der Waals surface area (Å²) in [6.07, 6.45) is 5.79. The van der Waals surface area contributed by atoms with Gasteiger partial charge in [0, 0.05) is 12.6 Å². The molecule has 1 atom stereocenters. The van der Waals surface area contributed by atoms with Crippen LogP contribution in [0.25, 0.3) is 0 Å². The number of hydrogen-bond donors (Lipinski definition) is 1. The minimum atomic E-state index is -0.462. The third-order valence-electron chi connectivity index (χ3n) is 4.48. The van der Waals surface area contributed by atoms with E-state index in [9.17, 15) is 4.79 Å². The summed E-state index contributed by atoms with van der Waals surface area (Å²) < 4.78 is 10.8. The predicted octanol–water partition coefficient (Wildman–Crippen LogP) is 2.85. The summed E-state index contributed by atoms with van der Waals surface area (Å²) in [4.78, 5) is 14.5. The Bertz CT molecular complexity index is 545. The molecule has 1 aliphatic carbocycles. The van der Waals surface area contributed by atoms with Crippen molar-refractivity contribution in [3.05, 3.63) is 23.8 Å². The summed E-state index contributed by atoms with van der Waals surface area (Å²) in [7, 11) is 0. The van der Waals surface area contributed by atoms with E-state index in [-0.39, 0.29) is 25.1 Å². The number of rotatable bonds is 4. The molecule has 1 heterocycles. The maximum Gasteiger partial charge on any atom is 0.239 e. The molecule has 1 amide bonds. The van der Waals surface area contributed by atoms with Gasteiger partial charge in [0.25, 0.3) is 0 Å². The van der Waals surface area contributed by atoms with Gasteiger partial charge in [0.15, 0.2) is 11.5 Å². The van der Waals surface area contributed by atoms with Crippen LogP contribution in [0, 0.1) is 0 Å². The van der Waals surface area contributed by atoms with E-state index in [1.165, 1.54) is 19.3 Å². The molecule has 128 valence electrons. The highest BCUT2D eigenvalue weighted by Crippen LogP contribution is 2.33. The summed E-state index contributed by atoms with van der Waals surface area (Å²) >= 11 is 0. The van der Waals surface area contributed by atoms with Crippen LogP contribution < -0.4 is 15.2 Å². The lowest BCUT2D eigenvalue weighted by molar-refractivity contribution is -0.136. The molecule has 23 heavy (non-hydrogen) atoms. The van der Waals surface area contributed by atoms with Crippen molar-refractivity contribution in [3.63, 3.8) is 0 Å². The lowest BCUT2D eigenvalue weighted by Gasteiger charge is -2.35. The number of carbonyl (C=O) groups excluding carboxylic acids is 1. The van der Waals surface area contributed by atoms with Crippen molar-refractivity contribution in [3.8, 4) is 11.5 Å². The highest BCUT2D eigenvalue weighted by Gasteiger charge is 2.27. The van der Waals surface area contributed by atoms with Gasteiger partial charge in [-0.25, -0.2) is 0 Å². The van der Waals surface area contributed by atoms with Gasteiger partial charge < -0.3 is 20.1 Å². The van der Waals surface area contributed by atoms with Crippen molar-refractivity contribution in [2.75, 3.05) is 6.79 Å². The average Bonchev–Trinajstić information content (AvgIpc) is 3.00. The van der Waals surface area contributed by atoms with Gasteiger partial charge in [-0.3, -0.25) is 4.79 Å². The first-order valence-corrected chi connectivity index (χ1v) is 8.10. The fourth-order valence-electron chi connectivity index (χ4n) is 3.28. The fourth-order valence-corrected chi connectivity index (χ4v) is 3.28. The minimum absolute atomic E-state index is 0. The molecule has 6 heteroatoms. The summed E-state index contributed by atoms with van der Waals surface area (Å²) in [5, 5.41) is 0. The van der Waals surface area contributed by atoms with E-state index in [1.807, 2.05) is 23.1 Å². The monoisotopic (exact) mass is 340 g/mol. The zero-order valence-corrected chi connectivity index (χ0v) is 14.3.